The van der Waals surface area contributed by atoms with Crippen LogP contribution in [0.15, 0.2) is 36.4 Å². The molecule has 0 aliphatic carbocycles. The Labute approximate surface area is 141 Å². The van der Waals surface area contributed by atoms with Gasteiger partial charge in [-0.25, -0.2) is 0 Å². The number of carbonyl (C=O) groups is 3. The monoisotopic (exact) mass is 348 g/mol. The van der Waals surface area contributed by atoms with Crippen LogP contribution in [0.1, 0.15) is 31.1 Å². The quantitative estimate of drug-likeness (QED) is 0.845. The molecule has 0 fully saturated rings. The Morgan fingerprint density at radius 1 is 1.04 bits per heavy atom. The van der Waals surface area contributed by atoms with Gasteiger partial charge in [0.1, 0.15) is 0 Å². The minimum atomic E-state index is -0.456. The highest BCUT2D eigenvalue weighted by Crippen LogP contribution is 2.28. The molecule has 5 nitrogen and oxygen atoms in total. The third-order valence-electron chi connectivity index (χ3n) is 3.54. The largest absolute Gasteiger partial charge is 0.322 e. The number of nitrogens with one attached hydrogen (secondary N) is 1. The van der Waals surface area contributed by atoms with Crippen molar-refractivity contribution in [1.29, 1.82) is 0 Å². The molecule has 0 bridgehead atoms. The molecule has 0 spiro atoms. The Morgan fingerprint density at radius 2 is 1.74 bits per heavy atom. The number of nitrogens with zero attached hydrogens (tertiary/aromatic N) is 1. The average Bonchev–Trinajstić information content (AvgIpc) is 2.74. The Morgan fingerprint density at radius 3 is 2.48 bits per heavy atom. The van der Waals surface area contributed by atoms with Crippen molar-refractivity contribution in [2.75, 3.05) is 12.4 Å². The standard InChI is InChI=1S/C16H10Cl2N2O3/c1-20-15(22)9-6-5-8(7-11(9)16(20)23)19-14(21)10-3-2-4-12(17)13(10)18/h2-7H,1H3,(H,19,21). The summed E-state index contributed by atoms with van der Waals surface area (Å²) in [6.07, 6.45) is 0. The van der Waals surface area contributed by atoms with Crippen LogP contribution in [0.5, 0.6) is 0 Å². The summed E-state index contributed by atoms with van der Waals surface area (Å²) in [6.45, 7) is 0. The molecule has 2 aromatic rings. The van der Waals surface area contributed by atoms with Crippen LogP contribution in [0.25, 0.3) is 0 Å². The van der Waals surface area contributed by atoms with E-state index in [4.69, 9.17) is 23.2 Å². The Bertz CT molecular complexity index is 864. The van der Waals surface area contributed by atoms with Crippen LogP contribution in [0.4, 0.5) is 5.69 Å². The SMILES string of the molecule is CN1C(=O)c2ccc(NC(=O)c3cccc(Cl)c3Cl)cc2C1=O. The number of fused-ring (bicyclic) bond motifs is 1. The summed E-state index contributed by atoms with van der Waals surface area (Å²) in [4.78, 5) is 37.1. The molecule has 0 saturated heterocycles. The lowest BCUT2D eigenvalue weighted by Crippen LogP contribution is -2.24. The predicted molar refractivity (Wildman–Crippen MR) is 87.3 cm³/mol. The lowest BCUT2D eigenvalue weighted by Gasteiger charge is -2.08. The highest BCUT2D eigenvalue weighted by molar-refractivity contribution is 6.44. The van der Waals surface area contributed by atoms with E-state index in [9.17, 15) is 14.4 Å². The minimum Gasteiger partial charge on any atom is -0.322 e. The van der Waals surface area contributed by atoms with Gasteiger partial charge in [0.2, 0.25) is 0 Å². The fraction of sp³-hybridized carbons (Fsp3) is 0.0625. The fourth-order valence-electron chi connectivity index (χ4n) is 2.32. The van der Waals surface area contributed by atoms with Gasteiger partial charge in [0, 0.05) is 12.7 Å². The maximum absolute atomic E-state index is 12.3. The van der Waals surface area contributed by atoms with Gasteiger partial charge in [-0.15, -0.1) is 0 Å². The third kappa shape index (κ3) is 2.58. The molecular formula is C16H10Cl2N2O3. The van der Waals surface area contributed by atoms with Gasteiger partial charge in [-0.2, -0.15) is 0 Å². The minimum absolute atomic E-state index is 0.152. The predicted octanol–water partition coefficient (Wildman–Crippen LogP) is 3.47. The number of amides is 3. The second kappa shape index (κ2) is 5.68. The molecule has 23 heavy (non-hydrogen) atoms. The molecule has 0 saturated carbocycles. The topological polar surface area (TPSA) is 66.5 Å². The van der Waals surface area contributed by atoms with Crippen LogP contribution < -0.4 is 5.32 Å². The second-order valence-corrected chi connectivity index (χ2v) is 5.77. The van der Waals surface area contributed by atoms with E-state index in [1.54, 1.807) is 24.3 Å². The van der Waals surface area contributed by atoms with Gasteiger partial charge >= 0.3 is 0 Å². The Hall–Kier alpha value is -2.37. The fourth-order valence-corrected chi connectivity index (χ4v) is 2.70. The van der Waals surface area contributed by atoms with Crippen LogP contribution in [0, 0.1) is 0 Å². The number of anilines is 1. The molecule has 1 heterocycles. The van der Waals surface area contributed by atoms with Crippen molar-refractivity contribution >= 4 is 46.6 Å². The van der Waals surface area contributed by atoms with Crippen molar-refractivity contribution in [3.63, 3.8) is 0 Å². The molecule has 0 aromatic heterocycles. The lowest BCUT2D eigenvalue weighted by atomic mass is 10.1. The maximum Gasteiger partial charge on any atom is 0.261 e. The Balaban J connectivity index is 1.90. The molecule has 1 aliphatic heterocycles. The molecule has 0 unspecified atom stereocenters. The van der Waals surface area contributed by atoms with Crippen molar-refractivity contribution in [3.8, 4) is 0 Å². The van der Waals surface area contributed by atoms with E-state index in [2.05, 4.69) is 5.32 Å². The van der Waals surface area contributed by atoms with E-state index in [0.29, 0.717) is 11.3 Å². The zero-order valence-electron chi connectivity index (χ0n) is 11.9. The highest BCUT2D eigenvalue weighted by atomic mass is 35.5. The first-order chi connectivity index (χ1) is 10.9. The van der Waals surface area contributed by atoms with Crippen LogP contribution in [0.3, 0.4) is 0 Å². The van der Waals surface area contributed by atoms with E-state index in [1.165, 1.54) is 19.2 Å². The van der Waals surface area contributed by atoms with Crippen LogP contribution in [0.2, 0.25) is 10.0 Å². The molecule has 7 heteroatoms. The first-order valence-corrected chi connectivity index (χ1v) is 7.37. The molecular weight excluding hydrogens is 339 g/mol. The van der Waals surface area contributed by atoms with Crippen molar-refractivity contribution in [3.05, 3.63) is 63.1 Å². The summed E-state index contributed by atoms with van der Waals surface area (Å²) in [5, 5.41) is 3.07. The smallest absolute Gasteiger partial charge is 0.261 e. The normalized spacial score (nSPS) is 13.3. The van der Waals surface area contributed by atoms with Crippen LogP contribution >= 0.6 is 23.2 Å². The zero-order chi connectivity index (χ0) is 16.7. The molecule has 0 atom stereocenters. The summed E-state index contributed by atoms with van der Waals surface area (Å²) >= 11 is 11.9. The molecule has 1 N–H and O–H groups in total. The van der Waals surface area contributed by atoms with E-state index in [1.807, 2.05) is 0 Å². The summed E-state index contributed by atoms with van der Waals surface area (Å²) in [6, 6.07) is 9.27. The molecule has 116 valence electrons. The van der Waals surface area contributed by atoms with Crippen molar-refractivity contribution in [1.82, 2.24) is 4.90 Å². The van der Waals surface area contributed by atoms with Crippen molar-refractivity contribution in [2.45, 2.75) is 0 Å². The van der Waals surface area contributed by atoms with E-state index < -0.39 is 11.8 Å². The molecule has 1 aliphatic rings. The first kappa shape index (κ1) is 15.5. The molecule has 3 amide bonds. The first-order valence-electron chi connectivity index (χ1n) is 6.62. The summed E-state index contributed by atoms with van der Waals surface area (Å²) in [7, 11) is 1.41. The number of benzene rings is 2. The summed E-state index contributed by atoms with van der Waals surface area (Å²) in [5.41, 5.74) is 1.18. The van der Waals surface area contributed by atoms with Crippen molar-refractivity contribution in [2.24, 2.45) is 0 Å². The van der Waals surface area contributed by atoms with E-state index >= 15 is 0 Å². The number of hydrogen-bond acceptors (Lipinski definition) is 3. The molecule has 0 radical (unpaired) electrons. The van der Waals surface area contributed by atoms with E-state index in [-0.39, 0.29) is 27.1 Å². The van der Waals surface area contributed by atoms with Gasteiger partial charge in [0.05, 0.1) is 26.7 Å². The number of carbonyl (C=O) groups excluding carboxylic acids is 3. The van der Waals surface area contributed by atoms with Crippen LogP contribution in [-0.4, -0.2) is 29.7 Å². The molecule has 3 rings (SSSR count). The molecule has 2 aromatic carbocycles. The van der Waals surface area contributed by atoms with Gasteiger partial charge < -0.3 is 5.32 Å². The van der Waals surface area contributed by atoms with Gasteiger partial charge in [0.15, 0.2) is 0 Å². The van der Waals surface area contributed by atoms with E-state index in [0.717, 1.165) is 4.90 Å². The van der Waals surface area contributed by atoms with Gasteiger partial charge in [-0.1, -0.05) is 29.3 Å². The number of rotatable bonds is 2. The Kier molecular flexibility index (Phi) is 3.83. The van der Waals surface area contributed by atoms with Gasteiger partial charge in [0.25, 0.3) is 17.7 Å². The van der Waals surface area contributed by atoms with Crippen molar-refractivity contribution < 1.29 is 14.4 Å². The number of halogens is 2. The number of imide groups is 1. The number of hydrogen-bond donors (Lipinski definition) is 1. The average molecular weight is 349 g/mol. The van der Waals surface area contributed by atoms with Gasteiger partial charge in [-0.3, -0.25) is 19.3 Å². The highest BCUT2D eigenvalue weighted by Gasteiger charge is 2.32. The third-order valence-corrected chi connectivity index (χ3v) is 4.36. The lowest BCUT2D eigenvalue weighted by molar-refractivity contribution is 0.0692. The maximum atomic E-state index is 12.3. The van der Waals surface area contributed by atoms with Crippen LogP contribution in [-0.2, 0) is 0 Å². The summed E-state index contributed by atoms with van der Waals surface area (Å²) in [5.74, 6) is -1.22. The van der Waals surface area contributed by atoms with Gasteiger partial charge in [-0.05, 0) is 30.3 Å². The summed E-state index contributed by atoms with van der Waals surface area (Å²) < 4.78 is 0. The zero-order valence-corrected chi connectivity index (χ0v) is 13.4. The second-order valence-electron chi connectivity index (χ2n) is 4.99.